The molecule has 0 radical (unpaired) electrons. The van der Waals surface area contributed by atoms with Gasteiger partial charge in [0.25, 0.3) is 0 Å². The molecule has 66 valence electrons. The minimum atomic E-state index is -0.262. The first-order valence-electron chi connectivity index (χ1n) is 3.82. The number of H-pyrrole nitrogens is 1. The van der Waals surface area contributed by atoms with Crippen LogP contribution < -0.4 is 5.73 Å². The largest absolute Gasteiger partial charge is 0.396 e. The summed E-state index contributed by atoms with van der Waals surface area (Å²) in [7, 11) is 0. The average Bonchev–Trinajstić information content (AvgIpc) is 2.53. The summed E-state index contributed by atoms with van der Waals surface area (Å²) in [6.45, 7) is 0. The maximum Gasteiger partial charge on any atom is 0.123 e. The van der Waals surface area contributed by atoms with Crippen molar-refractivity contribution < 1.29 is 4.39 Å². The lowest BCUT2D eigenvalue weighted by Crippen LogP contribution is -1.86. The number of benzene rings is 1. The van der Waals surface area contributed by atoms with Gasteiger partial charge in [0, 0.05) is 5.56 Å². The predicted octanol–water partition coefficient (Wildman–Crippen LogP) is 1.80. The van der Waals surface area contributed by atoms with Gasteiger partial charge in [0.1, 0.15) is 5.82 Å². The van der Waals surface area contributed by atoms with Gasteiger partial charge in [-0.15, -0.1) is 0 Å². The summed E-state index contributed by atoms with van der Waals surface area (Å²) in [5.74, 6) is -0.262. The summed E-state index contributed by atoms with van der Waals surface area (Å²) in [4.78, 5) is 0. The van der Waals surface area contributed by atoms with Crippen molar-refractivity contribution in [3.63, 3.8) is 0 Å². The van der Waals surface area contributed by atoms with Gasteiger partial charge in [-0.1, -0.05) is 0 Å². The highest BCUT2D eigenvalue weighted by Crippen LogP contribution is 2.22. The Hall–Kier alpha value is -1.84. The standard InChI is InChI=1S/C9H8FN3/c10-7-3-1-6(2-4-7)9-8(11)5-12-13-9/h1-5H,11H2,(H,12,13). The number of hydrogen-bond acceptors (Lipinski definition) is 2. The van der Waals surface area contributed by atoms with E-state index >= 15 is 0 Å². The summed E-state index contributed by atoms with van der Waals surface area (Å²) in [6, 6.07) is 6.07. The van der Waals surface area contributed by atoms with Crippen LogP contribution >= 0.6 is 0 Å². The van der Waals surface area contributed by atoms with E-state index in [-0.39, 0.29) is 5.82 Å². The molecular weight excluding hydrogens is 169 g/mol. The Morgan fingerprint density at radius 2 is 1.92 bits per heavy atom. The van der Waals surface area contributed by atoms with Gasteiger partial charge in [0.15, 0.2) is 0 Å². The van der Waals surface area contributed by atoms with Gasteiger partial charge in [0.05, 0.1) is 17.6 Å². The van der Waals surface area contributed by atoms with Crippen LogP contribution in [-0.4, -0.2) is 10.2 Å². The number of halogens is 1. The highest BCUT2D eigenvalue weighted by Gasteiger charge is 2.03. The Morgan fingerprint density at radius 3 is 2.46 bits per heavy atom. The second-order valence-electron chi connectivity index (χ2n) is 2.71. The molecule has 3 N–H and O–H groups in total. The van der Waals surface area contributed by atoms with Gasteiger partial charge >= 0.3 is 0 Å². The minimum Gasteiger partial charge on any atom is -0.396 e. The van der Waals surface area contributed by atoms with Crippen LogP contribution in [-0.2, 0) is 0 Å². The maximum atomic E-state index is 12.6. The zero-order chi connectivity index (χ0) is 9.26. The van der Waals surface area contributed by atoms with E-state index in [4.69, 9.17) is 5.73 Å². The van der Waals surface area contributed by atoms with Crippen molar-refractivity contribution in [2.45, 2.75) is 0 Å². The lowest BCUT2D eigenvalue weighted by molar-refractivity contribution is 0.628. The van der Waals surface area contributed by atoms with Crippen molar-refractivity contribution in [2.75, 3.05) is 5.73 Å². The highest BCUT2D eigenvalue weighted by molar-refractivity contribution is 5.71. The second-order valence-corrected chi connectivity index (χ2v) is 2.71. The highest BCUT2D eigenvalue weighted by atomic mass is 19.1. The molecule has 2 rings (SSSR count). The average molecular weight is 177 g/mol. The Kier molecular flexibility index (Phi) is 1.73. The fourth-order valence-corrected chi connectivity index (χ4v) is 1.14. The number of nitrogens with two attached hydrogens (primary N) is 1. The molecule has 0 bridgehead atoms. The van der Waals surface area contributed by atoms with Crippen LogP contribution in [0.15, 0.2) is 30.5 Å². The molecular formula is C9H8FN3. The van der Waals surface area contributed by atoms with Gasteiger partial charge < -0.3 is 5.73 Å². The van der Waals surface area contributed by atoms with E-state index in [1.807, 2.05) is 0 Å². The van der Waals surface area contributed by atoms with Crippen LogP contribution in [0.2, 0.25) is 0 Å². The van der Waals surface area contributed by atoms with E-state index in [9.17, 15) is 4.39 Å². The molecule has 1 aromatic heterocycles. The van der Waals surface area contributed by atoms with Crippen LogP contribution in [0.1, 0.15) is 0 Å². The Balaban J connectivity index is 2.47. The Bertz CT molecular complexity index is 405. The zero-order valence-corrected chi connectivity index (χ0v) is 6.79. The molecule has 0 unspecified atom stereocenters. The molecule has 0 saturated heterocycles. The molecule has 0 saturated carbocycles. The van der Waals surface area contributed by atoms with E-state index in [0.29, 0.717) is 5.69 Å². The van der Waals surface area contributed by atoms with Gasteiger partial charge in [-0.05, 0) is 24.3 Å². The van der Waals surface area contributed by atoms with E-state index in [2.05, 4.69) is 10.2 Å². The molecule has 0 aliphatic rings. The topological polar surface area (TPSA) is 54.7 Å². The van der Waals surface area contributed by atoms with E-state index in [1.54, 1.807) is 12.1 Å². The number of nitrogens with zero attached hydrogens (tertiary/aromatic N) is 1. The number of nitrogen functional groups attached to an aromatic ring is 1. The normalized spacial score (nSPS) is 10.2. The predicted molar refractivity (Wildman–Crippen MR) is 48.4 cm³/mol. The van der Waals surface area contributed by atoms with Crippen molar-refractivity contribution in [2.24, 2.45) is 0 Å². The third-order valence-electron chi connectivity index (χ3n) is 1.80. The van der Waals surface area contributed by atoms with E-state index < -0.39 is 0 Å². The second kappa shape index (κ2) is 2.90. The Labute approximate surface area is 74.4 Å². The number of aromatic nitrogens is 2. The molecule has 0 amide bonds. The molecule has 0 atom stereocenters. The van der Waals surface area contributed by atoms with Crippen molar-refractivity contribution in [3.8, 4) is 11.3 Å². The number of rotatable bonds is 1. The summed E-state index contributed by atoms with van der Waals surface area (Å²) in [5.41, 5.74) is 7.74. The van der Waals surface area contributed by atoms with E-state index in [1.165, 1.54) is 18.3 Å². The van der Waals surface area contributed by atoms with Gasteiger partial charge in [0.2, 0.25) is 0 Å². The smallest absolute Gasteiger partial charge is 0.123 e. The lowest BCUT2D eigenvalue weighted by Gasteiger charge is -1.98. The van der Waals surface area contributed by atoms with Crippen LogP contribution in [0.25, 0.3) is 11.3 Å². The fourth-order valence-electron chi connectivity index (χ4n) is 1.14. The molecule has 13 heavy (non-hydrogen) atoms. The minimum absolute atomic E-state index is 0.262. The number of hydrogen-bond donors (Lipinski definition) is 2. The first-order chi connectivity index (χ1) is 6.27. The lowest BCUT2D eigenvalue weighted by atomic mass is 10.1. The van der Waals surface area contributed by atoms with Crippen molar-refractivity contribution in [3.05, 3.63) is 36.3 Å². The summed E-state index contributed by atoms with van der Waals surface area (Å²) in [6.07, 6.45) is 1.53. The van der Waals surface area contributed by atoms with Gasteiger partial charge in [-0.3, -0.25) is 5.10 Å². The van der Waals surface area contributed by atoms with Crippen LogP contribution in [0.4, 0.5) is 10.1 Å². The quantitative estimate of drug-likeness (QED) is 0.697. The number of aromatic amines is 1. The fraction of sp³-hybridized carbons (Fsp3) is 0. The molecule has 0 aliphatic carbocycles. The Morgan fingerprint density at radius 1 is 1.23 bits per heavy atom. The maximum absolute atomic E-state index is 12.6. The first-order valence-corrected chi connectivity index (χ1v) is 3.82. The van der Waals surface area contributed by atoms with Crippen molar-refractivity contribution in [1.82, 2.24) is 10.2 Å². The van der Waals surface area contributed by atoms with Crippen molar-refractivity contribution >= 4 is 5.69 Å². The van der Waals surface area contributed by atoms with Crippen LogP contribution in [0.3, 0.4) is 0 Å². The molecule has 1 aromatic carbocycles. The SMILES string of the molecule is Nc1cn[nH]c1-c1ccc(F)cc1. The molecule has 0 aliphatic heterocycles. The van der Waals surface area contributed by atoms with Crippen LogP contribution in [0.5, 0.6) is 0 Å². The monoisotopic (exact) mass is 177 g/mol. The molecule has 1 heterocycles. The molecule has 4 heteroatoms. The molecule has 3 nitrogen and oxygen atoms in total. The first kappa shape index (κ1) is 7.79. The van der Waals surface area contributed by atoms with Gasteiger partial charge in [-0.2, -0.15) is 5.10 Å². The van der Waals surface area contributed by atoms with E-state index in [0.717, 1.165) is 11.3 Å². The van der Waals surface area contributed by atoms with Gasteiger partial charge in [-0.25, -0.2) is 4.39 Å². The summed E-state index contributed by atoms with van der Waals surface area (Å²) >= 11 is 0. The number of nitrogens with one attached hydrogen (secondary N) is 1. The summed E-state index contributed by atoms with van der Waals surface area (Å²) in [5, 5.41) is 6.52. The van der Waals surface area contributed by atoms with Crippen LogP contribution in [0, 0.1) is 5.82 Å². The molecule has 0 fully saturated rings. The number of anilines is 1. The molecule has 0 spiro atoms. The van der Waals surface area contributed by atoms with Crippen molar-refractivity contribution in [1.29, 1.82) is 0 Å². The third-order valence-corrected chi connectivity index (χ3v) is 1.80. The molecule has 2 aromatic rings. The zero-order valence-electron chi connectivity index (χ0n) is 6.79. The third kappa shape index (κ3) is 1.38. The summed E-state index contributed by atoms with van der Waals surface area (Å²) < 4.78 is 12.6.